The number of thioether (sulfide) groups is 1. The summed E-state index contributed by atoms with van der Waals surface area (Å²) in [4.78, 5) is 17.6. The molecule has 0 saturated carbocycles. The van der Waals surface area contributed by atoms with Crippen LogP contribution < -0.4 is 5.73 Å². The van der Waals surface area contributed by atoms with Gasteiger partial charge in [-0.3, -0.25) is 4.79 Å². The fourth-order valence-corrected chi connectivity index (χ4v) is 2.85. The molecule has 1 aromatic heterocycles. The minimum atomic E-state index is 0.0839. The van der Waals surface area contributed by atoms with Gasteiger partial charge in [-0.05, 0) is 24.3 Å². The van der Waals surface area contributed by atoms with E-state index in [-0.39, 0.29) is 5.78 Å². The maximum atomic E-state index is 12.5. The second-order valence-corrected chi connectivity index (χ2v) is 5.89. The van der Waals surface area contributed by atoms with Crippen LogP contribution in [0.15, 0.2) is 41.4 Å². The van der Waals surface area contributed by atoms with E-state index < -0.39 is 0 Å². The summed E-state index contributed by atoms with van der Waals surface area (Å²) < 4.78 is 0. The van der Waals surface area contributed by atoms with Crippen LogP contribution in [0.25, 0.3) is 0 Å². The molecule has 0 unspecified atom stereocenters. The van der Waals surface area contributed by atoms with Crippen molar-refractivity contribution in [1.29, 1.82) is 0 Å². The number of rotatable bonds is 5. The number of benzene rings is 1. The first-order valence-corrected chi connectivity index (χ1v) is 7.56. The van der Waals surface area contributed by atoms with E-state index in [2.05, 4.69) is 11.9 Å². The molecule has 1 aromatic carbocycles. The number of nitrogens with zero attached hydrogens (tertiary/aromatic N) is 1. The summed E-state index contributed by atoms with van der Waals surface area (Å²) in [5.41, 5.74) is 8.42. The third-order valence-electron chi connectivity index (χ3n) is 2.98. The molecule has 0 saturated heterocycles. The molecule has 0 amide bonds. The molecule has 0 radical (unpaired) electrons. The van der Waals surface area contributed by atoms with E-state index in [1.165, 1.54) is 0 Å². The molecule has 0 aliphatic carbocycles. The highest BCUT2D eigenvalue weighted by molar-refractivity contribution is 7.99. The number of hydrogen-bond acceptors (Lipinski definition) is 4. The molecule has 4 heteroatoms. The summed E-state index contributed by atoms with van der Waals surface area (Å²) >= 11 is 1.68. The van der Waals surface area contributed by atoms with Crippen molar-refractivity contribution in [2.45, 2.75) is 25.2 Å². The molecule has 2 N–H and O–H groups in total. The minimum absolute atomic E-state index is 0.0839. The average molecular weight is 286 g/mol. The smallest absolute Gasteiger partial charge is 0.168 e. The van der Waals surface area contributed by atoms with Crippen LogP contribution in [0.3, 0.4) is 0 Å². The molecule has 0 aliphatic rings. The average Bonchev–Trinajstić information content (AvgIpc) is 2.44. The van der Waals surface area contributed by atoms with Crippen LogP contribution in [-0.2, 0) is 6.42 Å². The Morgan fingerprint density at radius 3 is 2.85 bits per heavy atom. The lowest BCUT2D eigenvalue weighted by atomic mass is 10.0. The number of pyridine rings is 1. The molecule has 104 valence electrons. The number of carbonyl (C=O) groups is 1. The number of Topliss-reactive ketones (excluding diaryl/α,β-unsaturated/α-hetero) is 1. The Morgan fingerprint density at radius 2 is 2.10 bits per heavy atom. The summed E-state index contributed by atoms with van der Waals surface area (Å²) in [5, 5.41) is 0. The highest BCUT2D eigenvalue weighted by Crippen LogP contribution is 2.24. The van der Waals surface area contributed by atoms with E-state index in [4.69, 9.17) is 5.73 Å². The van der Waals surface area contributed by atoms with Crippen molar-refractivity contribution in [3.63, 3.8) is 0 Å². The van der Waals surface area contributed by atoms with Crippen LogP contribution >= 0.6 is 11.8 Å². The quantitative estimate of drug-likeness (QED) is 0.675. The number of carbonyl (C=O) groups excluding carboxylic acids is 1. The van der Waals surface area contributed by atoms with E-state index >= 15 is 0 Å². The van der Waals surface area contributed by atoms with E-state index in [0.29, 0.717) is 12.2 Å². The van der Waals surface area contributed by atoms with Crippen LogP contribution in [0.1, 0.15) is 28.4 Å². The number of aryl methyl sites for hydroxylation is 1. The lowest BCUT2D eigenvalue weighted by Crippen LogP contribution is -2.08. The van der Waals surface area contributed by atoms with Gasteiger partial charge in [-0.25, -0.2) is 4.98 Å². The van der Waals surface area contributed by atoms with Gasteiger partial charge in [0.25, 0.3) is 0 Å². The zero-order chi connectivity index (χ0) is 14.5. The second kappa shape index (κ2) is 6.57. The van der Waals surface area contributed by atoms with Gasteiger partial charge >= 0.3 is 0 Å². The van der Waals surface area contributed by atoms with Crippen LogP contribution in [0.5, 0.6) is 0 Å². The van der Waals surface area contributed by atoms with Gasteiger partial charge in [0.05, 0.1) is 0 Å². The predicted molar refractivity (Wildman–Crippen MR) is 84.3 cm³/mol. The topological polar surface area (TPSA) is 56.0 Å². The summed E-state index contributed by atoms with van der Waals surface area (Å²) in [6.45, 7) is 4.02. The monoisotopic (exact) mass is 286 g/mol. The Labute approximate surface area is 123 Å². The maximum Gasteiger partial charge on any atom is 0.168 e. The lowest BCUT2D eigenvalue weighted by molar-refractivity contribution is 0.0990. The zero-order valence-corrected chi connectivity index (χ0v) is 12.5. The second-order valence-electron chi connectivity index (χ2n) is 4.59. The fourth-order valence-electron chi connectivity index (χ4n) is 2.03. The largest absolute Gasteiger partial charge is 0.383 e. The Hall–Kier alpha value is -1.81. The third kappa shape index (κ3) is 3.39. The number of aromatic nitrogens is 1. The Morgan fingerprint density at radius 1 is 1.35 bits per heavy atom. The molecular formula is C16H18N2OS. The molecule has 1 heterocycles. The summed E-state index contributed by atoms with van der Waals surface area (Å²) in [5.74, 6) is 1.46. The molecule has 0 fully saturated rings. The maximum absolute atomic E-state index is 12.5. The van der Waals surface area contributed by atoms with E-state index in [0.717, 1.165) is 27.3 Å². The van der Waals surface area contributed by atoms with Gasteiger partial charge in [-0.15, -0.1) is 11.8 Å². The minimum Gasteiger partial charge on any atom is -0.383 e. The summed E-state index contributed by atoms with van der Waals surface area (Å²) in [7, 11) is 0. The molecule has 0 aliphatic heterocycles. The molecule has 2 rings (SSSR count). The molecule has 0 bridgehead atoms. The molecule has 20 heavy (non-hydrogen) atoms. The zero-order valence-electron chi connectivity index (χ0n) is 11.7. The molecule has 0 spiro atoms. The summed E-state index contributed by atoms with van der Waals surface area (Å²) in [6, 6.07) is 9.64. The van der Waals surface area contributed by atoms with Crippen LogP contribution in [-0.4, -0.2) is 16.5 Å². The molecule has 2 aromatic rings. The highest BCUT2D eigenvalue weighted by atomic mass is 32.2. The standard InChI is InChI=1S/C16H18N2OS/c1-3-20-15-7-5-4-6-13(15)14(19)9-12-8-11(2)10-18-16(12)17/h4-8,10H,3,9H2,1-2H3,(H2,17,18). The van der Waals surface area contributed by atoms with Gasteiger partial charge in [0.2, 0.25) is 0 Å². The van der Waals surface area contributed by atoms with Gasteiger partial charge in [0.1, 0.15) is 5.82 Å². The Balaban J connectivity index is 2.26. The van der Waals surface area contributed by atoms with Crippen molar-refractivity contribution >= 4 is 23.4 Å². The Bertz CT molecular complexity index is 626. The van der Waals surface area contributed by atoms with Crippen LogP contribution in [0.2, 0.25) is 0 Å². The SMILES string of the molecule is CCSc1ccccc1C(=O)Cc1cc(C)cnc1N. The van der Waals surface area contributed by atoms with Crippen LogP contribution in [0.4, 0.5) is 5.82 Å². The van der Waals surface area contributed by atoms with Gasteiger partial charge in [0.15, 0.2) is 5.78 Å². The number of nitrogens with two attached hydrogens (primary N) is 1. The highest BCUT2D eigenvalue weighted by Gasteiger charge is 2.13. The Kier molecular flexibility index (Phi) is 4.79. The summed E-state index contributed by atoms with van der Waals surface area (Å²) in [6.07, 6.45) is 2.01. The van der Waals surface area contributed by atoms with E-state index in [1.54, 1.807) is 18.0 Å². The number of anilines is 1. The van der Waals surface area contributed by atoms with Crippen molar-refractivity contribution in [3.8, 4) is 0 Å². The number of hydrogen-bond donors (Lipinski definition) is 1. The predicted octanol–water partition coefficient (Wildman–Crippen LogP) is 3.51. The van der Waals surface area contributed by atoms with Crippen molar-refractivity contribution in [2.24, 2.45) is 0 Å². The third-order valence-corrected chi connectivity index (χ3v) is 3.93. The van der Waals surface area contributed by atoms with Gasteiger partial charge in [-0.2, -0.15) is 0 Å². The van der Waals surface area contributed by atoms with Crippen molar-refractivity contribution < 1.29 is 4.79 Å². The normalized spacial score (nSPS) is 10.5. The first-order valence-electron chi connectivity index (χ1n) is 6.57. The van der Waals surface area contributed by atoms with Gasteiger partial charge in [-0.1, -0.05) is 31.2 Å². The number of nitrogen functional groups attached to an aromatic ring is 1. The lowest BCUT2D eigenvalue weighted by Gasteiger charge is -2.09. The first kappa shape index (κ1) is 14.6. The first-order chi connectivity index (χ1) is 9.61. The number of ketones is 1. The van der Waals surface area contributed by atoms with Gasteiger partial charge < -0.3 is 5.73 Å². The molecular weight excluding hydrogens is 268 g/mol. The van der Waals surface area contributed by atoms with Crippen molar-refractivity contribution in [1.82, 2.24) is 4.98 Å². The van der Waals surface area contributed by atoms with Crippen LogP contribution in [0, 0.1) is 6.92 Å². The fraction of sp³-hybridized carbons (Fsp3) is 0.250. The van der Waals surface area contributed by atoms with E-state index in [1.807, 2.05) is 37.3 Å². The van der Waals surface area contributed by atoms with Crippen molar-refractivity contribution in [2.75, 3.05) is 11.5 Å². The molecule has 3 nitrogen and oxygen atoms in total. The van der Waals surface area contributed by atoms with Crippen molar-refractivity contribution in [3.05, 3.63) is 53.2 Å². The van der Waals surface area contributed by atoms with E-state index in [9.17, 15) is 4.79 Å². The molecule has 0 atom stereocenters. The van der Waals surface area contributed by atoms with Gasteiger partial charge in [0, 0.05) is 28.6 Å².